The van der Waals surface area contributed by atoms with E-state index in [0.717, 1.165) is 17.8 Å². The van der Waals surface area contributed by atoms with Crippen molar-refractivity contribution in [3.8, 4) is 0 Å². The minimum absolute atomic E-state index is 0.134. The summed E-state index contributed by atoms with van der Waals surface area (Å²) in [5.41, 5.74) is -2.23. The fourth-order valence-corrected chi connectivity index (χ4v) is 2.48. The first-order valence-corrected chi connectivity index (χ1v) is 7.77. The lowest BCUT2D eigenvalue weighted by atomic mass is 9.96. The number of carboxylic acid groups (broad SMARTS) is 1. The second-order valence-corrected chi connectivity index (χ2v) is 6.10. The SMILES string of the molecule is CCCC(C)(NC(=O)CSc1ccc(C(F)(F)F)cn1)C(=O)O. The van der Waals surface area contributed by atoms with Crippen molar-refractivity contribution in [3.63, 3.8) is 0 Å². The monoisotopic (exact) mass is 350 g/mol. The molecule has 0 aliphatic heterocycles. The van der Waals surface area contributed by atoms with Crippen LogP contribution in [0.15, 0.2) is 23.4 Å². The van der Waals surface area contributed by atoms with Crippen LogP contribution < -0.4 is 5.32 Å². The second-order valence-electron chi connectivity index (χ2n) is 5.11. The van der Waals surface area contributed by atoms with E-state index in [4.69, 9.17) is 5.11 Å². The van der Waals surface area contributed by atoms with Gasteiger partial charge in [0.2, 0.25) is 5.91 Å². The van der Waals surface area contributed by atoms with Crippen molar-refractivity contribution in [1.82, 2.24) is 10.3 Å². The molecule has 1 aromatic heterocycles. The maximum atomic E-state index is 12.4. The molecule has 0 aliphatic rings. The van der Waals surface area contributed by atoms with Crippen LogP contribution in [0.1, 0.15) is 32.3 Å². The molecule has 1 aromatic rings. The van der Waals surface area contributed by atoms with E-state index < -0.39 is 29.2 Å². The Morgan fingerprint density at radius 3 is 2.43 bits per heavy atom. The number of thioether (sulfide) groups is 1. The minimum Gasteiger partial charge on any atom is -0.480 e. The number of alkyl halides is 3. The third-order valence-corrected chi connectivity index (χ3v) is 4.00. The molecular weight excluding hydrogens is 333 g/mol. The Kier molecular flexibility index (Phi) is 6.43. The average Bonchev–Trinajstić information content (AvgIpc) is 2.44. The first kappa shape index (κ1) is 19.3. The number of nitrogens with one attached hydrogen (secondary N) is 1. The van der Waals surface area contributed by atoms with E-state index in [1.165, 1.54) is 13.0 Å². The van der Waals surface area contributed by atoms with Gasteiger partial charge < -0.3 is 10.4 Å². The molecule has 0 fully saturated rings. The molecule has 5 nitrogen and oxygen atoms in total. The molecule has 1 unspecified atom stereocenters. The fraction of sp³-hybridized carbons (Fsp3) is 0.500. The number of carbonyl (C=O) groups excluding carboxylic acids is 1. The molecule has 0 saturated heterocycles. The van der Waals surface area contributed by atoms with Gasteiger partial charge in [0.15, 0.2) is 0 Å². The molecule has 1 atom stereocenters. The Hall–Kier alpha value is -1.77. The molecule has 128 valence electrons. The van der Waals surface area contributed by atoms with E-state index in [2.05, 4.69) is 10.3 Å². The predicted molar refractivity (Wildman–Crippen MR) is 79.1 cm³/mol. The topological polar surface area (TPSA) is 79.3 Å². The standard InChI is InChI=1S/C14H17F3N2O3S/c1-3-6-13(2,12(21)22)19-10(20)8-23-11-5-4-9(7-18-11)14(15,16)17/h4-5,7H,3,6,8H2,1-2H3,(H,19,20)(H,21,22). The molecule has 0 aliphatic carbocycles. The van der Waals surface area contributed by atoms with Crippen LogP contribution in [0.5, 0.6) is 0 Å². The molecule has 23 heavy (non-hydrogen) atoms. The van der Waals surface area contributed by atoms with Gasteiger partial charge in [-0.15, -0.1) is 0 Å². The molecule has 1 rings (SSSR count). The molecular formula is C14H17F3N2O3S. The molecule has 0 bridgehead atoms. The number of pyridine rings is 1. The maximum absolute atomic E-state index is 12.4. The first-order chi connectivity index (χ1) is 10.6. The van der Waals surface area contributed by atoms with E-state index >= 15 is 0 Å². The van der Waals surface area contributed by atoms with Crippen molar-refractivity contribution in [1.29, 1.82) is 0 Å². The van der Waals surface area contributed by atoms with Gasteiger partial charge in [-0.05, 0) is 25.5 Å². The molecule has 0 radical (unpaired) electrons. The fourth-order valence-electron chi connectivity index (χ4n) is 1.84. The molecule has 1 heterocycles. The van der Waals surface area contributed by atoms with Crippen LogP contribution in [0.2, 0.25) is 0 Å². The predicted octanol–water partition coefficient (Wildman–Crippen LogP) is 2.95. The summed E-state index contributed by atoms with van der Waals surface area (Å²) in [6, 6.07) is 2.05. The lowest BCUT2D eigenvalue weighted by molar-refractivity contribution is -0.146. The molecule has 0 spiro atoms. The third kappa shape index (κ3) is 5.74. The lowest BCUT2D eigenvalue weighted by Crippen LogP contribution is -2.52. The summed E-state index contributed by atoms with van der Waals surface area (Å²) in [4.78, 5) is 26.7. The van der Waals surface area contributed by atoms with Crippen LogP contribution in [0.4, 0.5) is 13.2 Å². The zero-order valence-electron chi connectivity index (χ0n) is 12.6. The van der Waals surface area contributed by atoms with Gasteiger partial charge >= 0.3 is 12.1 Å². The van der Waals surface area contributed by atoms with Gasteiger partial charge in [-0.25, -0.2) is 9.78 Å². The number of nitrogens with zero attached hydrogens (tertiary/aromatic N) is 1. The Balaban J connectivity index is 2.61. The van der Waals surface area contributed by atoms with Crippen molar-refractivity contribution in [2.75, 3.05) is 5.75 Å². The number of carboxylic acids is 1. The highest BCUT2D eigenvalue weighted by Crippen LogP contribution is 2.29. The van der Waals surface area contributed by atoms with Gasteiger partial charge in [0, 0.05) is 6.20 Å². The van der Waals surface area contributed by atoms with Gasteiger partial charge in [-0.3, -0.25) is 4.79 Å². The lowest BCUT2D eigenvalue weighted by Gasteiger charge is -2.25. The van der Waals surface area contributed by atoms with Gasteiger partial charge in [-0.2, -0.15) is 13.2 Å². The van der Waals surface area contributed by atoms with Crippen molar-refractivity contribution < 1.29 is 27.9 Å². The highest BCUT2D eigenvalue weighted by molar-refractivity contribution is 7.99. The molecule has 0 saturated carbocycles. The molecule has 9 heteroatoms. The second kappa shape index (κ2) is 7.67. The Morgan fingerprint density at radius 1 is 1.35 bits per heavy atom. The van der Waals surface area contributed by atoms with Crippen LogP contribution in [0.25, 0.3) is 0 Å². The van der Waals surface area contributed by atoms with Crippen LogP contribution in [0, 0.1) is 0 Å². The number of amides is 1. The zero-order chi connectivity index (χ0) is 17.7. The Morgan fingerprint density at radius 2 is 2.00 bits per heavy atom. The largest absolute Gasteiger partial charge is 0.480 e. The smallest absolute Gasteiger partial charge is 0.417 e. The van der Waals surface area contributed by atoms with E-state index in [0.29, 0.717) is 12.6 Å². The van der Waals surface area contributed by atoms with Crippen LogP contribution in [0.3, 0.4) is 0 Å². The summed E-state index contributed by atoms with van der Waals surface area (Å²) in [7, 11) is 0. The highest BCUT2D eigenvalue weighted by Gasteiger charge is 2.34. The number of hydrogen-bond acceptors (Lipinski definition) is 4. The van der Waals surface area contributed by atoms with Crippen molar-refractivity contribution in [2.45, 2.75) is 43.4 Å². The van der Waals surface area contributed by atoms with E-state index in [-0.39, 0.29) is 17.2 Å². The van der Waals surface area contributed by atoms with Gasteiger partial charge in [0.25, 0.3) is 0 Å². The minimum atomic E-state index is -4.46. The van der Waals surface area contributed by atoms with E-state index in [9.17, 15) is 22.8 Å². The molecule has 0 aromatic carbocycles. The first-order valence-electron chi connectivity index (χ1n) is 6.79. The number of halogens is 3. The number of carbonyl (C=O) groups is 2. The van der Waals surface area contributed by atoms with Crippen molar-refractivity contribution >= 4 is 23.6 Å². The molecule has 2 N–H and O–H groups in total. The number of rotatable bonds is 7. The van der Waals surface area contributed by atoms with Crippen LogP contribution in [-0.4, -0.2) is 33.3 Å². The van der Waals surface area contributed by atoms with Gasteiger partial charge in [0.05, 0.1) is 16.3 Å². The Bertz CT molecular complexity index is 563. The van der Waals surface area contributed by atoms with Crippen LogP contribution in [-0.2, 0) is 15.8 Å². The summed E-state index contributed by atoms with van der Waals surface area (Å²) in [6.45, 7) is 3.21. The Labute approximate surface area is 135 Å². The summed E-state index contributed by atoms with van der Waals surface area (Å²) < 4.78 is 37.2. The summed E-state index contributed by atoms with van der Waals surface area (Å²) >= 11 is 0.935. The number of aliphatic carboxylic acids is 1. The highest BCUT2D eigenvalue weighted by atomic mass is 32.2. The van der Waals surface area contributed by atoms with E-state index in [1.807, 2.05) is 0 Å². The number of hydrogen-bond donors (Lipinski definition) is 2. The average molecular weight is 350 g/mol. The van der Waals surface area contributed by atoms with Gasteiger partial charge in [-0.1, -0.05) is 25.1 Å². The summed E-state index contributed by atoms with van der Waals surface area (Å²) in [6.07, 6.45) is -2.91. The summed E-state index contributed by atoms with van der Waals surface area (Å²) in [5.74, 6) is -1.79. The summed E-state index contributed by atoms with van der Waals surface area (Å²) in [5, 5.41) is 11.8. The third-order valence-electron chi connectivity index (χ3n) is 3.05. The van der Waals surface area contributed by atoms with Crippen molar-refractivity contribution in [2.24, 2.45) is 0 Å². The quantitative estimate of drug-likeness (QED) is 0.739. The van der Waals surface area contributed by atoms with E-state index in [1.54, 1.807) is 6.92 Å². The number of aromatic nitrogens is 1. The molecule has 1 amide bonds. The van der Waals surface area contributed by atoms with Gasteiger partial charge in [0.1, 0.15) is 5.54 Å². The van der Waals surface area contributed by atoms with Crippen LogP contribution >= 0.6 is 11.8 Å². The zero-order valence-corrected chi connectivity index (χ0v) is 13.4. The normalized spacial score (nSPS) is 14.1. The van der Waals surface area contributed by atoms with Crippen molar-refractivity contribution in [3.05, 3.63) is 23.9 Å². The maximum Gasteiger partial charge on any atom is 0.417 e.